The maximum absolute atomic E-state index is 12.4. The molecule has 1 atom stereocenters. The lowest BCUT2D eigenvalue weighted by atomic mass is 10.1. The van der Waals surface area contributed by atoms with Crippen LogP contribution in [0, 0.1) is 0 Å². The number of ketones is 1. The van der Waals surface area contributed by atoms with Crippen LogP contribution in [0.25, 0.3) is 0 Å². The number of hydrogen-bond donors (Lipinski definition) is 2. The van der Waals surface area contributed by atoms with E-state index in [0.29, 0.717) is 29.9 Å². The van der Waals surface area contributed by atoms with Crippen LogP contribution in [-0.2, 0) is 14.3 Å². The summed E-state index contributed by atoms with van der Waals surface area (Å²) in [5, 5.41) is 5.06. The molecule has 2 N–H and O–H groups in total. The first-order chi connectivity index (χ1) is 14.4. The summed E-state index contributed by atoms with van der Waals surface area (Å²) in [6, 6.07) is 14.0. The maximum Gasteiger partial charge on any atom is 0.328 e. The molecule has 1 fully saturated rings. The number of anilines is 2. The Bertz CT molecular complexity index is 945. The van der Waals surface area contributed by atoms with Gasteiger partial charge in [-0.25, -0.2) is 9.59 Å². The first-order valence-corrected chi connectivity index (χ1v) is 9.67. The number of nitrogens with zero attached hydrogens (tertiary/aromatic N) is 1. The van der Waals surface area contributed by atoms with Crippen LogP contribution in [0.15, 0.2) is 54.6 Å². The number of hydrogen-bond acceptors (Lipinski definition) is 5. The third-order valence-electron chi connectivity index (χ3n) is 4.63. The first kappa shape index (κ1) is 21.0. The quantitative estimate of drug-likeness (QED) is 0.540. The van der Waals surface area contributed by atoms with Crippen molar-refractivity contribution in [3.8, 4) is 0 Å². The van der Waals surface area contributed by atoms with Crippen LogP contribution in [0.1, 0.15) is 30.1 Å². The first-order valence-electron chi connectivity index (χ1n) is 9.67. The second-order valence-corrected chi connectivity index (χ2v) is 6.92. The highest BCUT2D eigenvalue weighted by molar-refractivity contribution is 6.01. The molecule has 0 aliphatic carbocycles. The average Bonchev–Trinajstić information content (AvgIpc) is 3.18. The monoisotopic (exact) mass is 409 g/mol. The van der Waals surface area contributed by atoms with Gasteiger partial charge in [-0.2, -0.15) is 0 Å². The smallest absolute Gasteiger partial charge is 0.328 e. The summed E-state index contributed by atoms with van der Waals surface area (Å²) >= 11 is 0. The van der Waals surface area contributed by atoms with Crippen LogP contribution < -0.4 is 15.5 Å². The Labute approximate surface area is 174 Å². The number of rotatable bonds is 7. The minimum atomic E-state index is -0.935. The normalized spacial score (nSPS) is 14.2. The number of benzene rings is 2. The second kappa shape index (κ2) is 9.69. The lowest BCUT2D eigenvalue weighted by Crippen LogP contribution is -2.42. The van der Waals surface area contributed by atoms with Crippen molar-refractivity contribution in [3.63, 3.8) is 0 Å². The molecule has 0 bridgehead atoms. The third-order valence-corrected chi connectivity index (χ3v) is 4.63. The Hall–Kier alpha value is -3.68. The largest absolute Gasteiger partial charge is 0.456 e. The molecule has 30 heavy (non-hydrogen) atoms. The summed E-state index contributed by atoms with van der Waals surface area (Å²) in [6.45, 7) is 1.64. The molecule has 0 aromatic heterocycles. The second-order valence-electron chi connectivity index (χ2n) is 6.92. The van der Waals surface area contributed by atoms with Gasteiger partial charge in [0.1, 0.15) is 6.04 Å². The van der Waals surface area contributed by atoms with E-state index in [4.69, 9.17) is 4.74 Å². The summed E-state index contributed by atoms with van der Waals surface area (Å²) in [5.41, 5.74) is 1.59. The molecular formula is C22H23N3O5. The van der Waals surface area contributed by atoms with Crippen molar-refractivity contribution in [2.45, 2.75) is 25.8 Å². The summed E-state index contributed by atoms with van der Waals surface area (Å²) in [6.07, 6.45) is 1.29. The number of urea groups is 1. The summed E-state index contributed by atoms with van der Waals surface area (Å²) in [7, 11) is 0. The molecule has 0 spiro atoms. The van der Waals surface area contributed by atoms with E-state index in [-0.39, 0.29) is 5.91 Å². The van der Waals surface area contributed by atoms with Gasteiger partial charge in [0.25, 0.3) is 0 Å². The molecule has 1 aliphatic heterocycles. The van der Waals surface area contributed by atoms with Crippen LogP contribution in [-0.4, -0.2) is 42.9 Å². The van der Waals surface area contributed by atoms with E-state index in [1.807, 2.05) is 6.07 Å². The van der Waals surface area contributed by atoms with E-state index in [2.05, 4.69) is 10.6 Å². The lowest BCUT2D eigenvalue weighted by molar-refractivity contribution is -0.144. The highest BCUT2D eigenvalue weighted by Gasteiger charge is 2.23. The van der Waals surface area contributed by atoms with Crippen molar-refractivity contribution < 1.29 is 23.9 Å². The van der Waals surface area contributed by atoms with Gasteiger partial charge in [0, 0.05) is 29.9 Å². The molecule has 1 saturated heterocycles. The van der Waals surface area contributed by atoms with Gasteiger partial charge in [0.05, 0.1) is 0 Å². The van der Waals surface area contributed by atoms with E-state index in [1.165, 1.54) is 6.92 Å². The fourth-order valence-electron chi connectivity index (χ4n) is 3.06. The number of nitrogens with one attached hydrogen (secondary N) is 2. The van der Waals surface area contributed by atoms with Crippen molar-refractivity contribution in [2.24, 2.45) is 0 Å². The fourth-order valence-corrected chi connectivity index (χ4v) is 3.06. The Morgan fingerprint density at radius 3 is 2.57 bits per heavy atom. The van der Waals surface area contributed by atoms with Gasteiger partial charge >= 0.3 is 12.0 Å². The van der Waals surface area contributed by atoms with Gasteiger partial charge in [0.2, 0.25) is 5.91 Å². The molecule has 8 heteroatoms. The minimum Gasteiger partial charge on any atom is -0.456 e. The van der Waals surface area contributed by atoms with Gasteiger partial charge in [-0.1, -0.05) is 30.3 Å². The predicted octanol–water partition coefficient (Wildman–Crippen LogP) is 2.75. The Morgan fingerprint density at radius 1 is 1.10 bits per heavy atom. The molecule has 3 amide bonds. The molecule has 0 saturated carbocycles. The van der Waals surface area contributed by atoms with Gasteiger partial charge in [-0.05, 0) is 37.6 Å². The van der Waals surface area contributed by atoms with Crippen LogP contribution in [0.3, 0.4) is 0 Å². The number of esters is 1. The van der Waals surface area contributed by atoms with Crippen LogP contribution >= 0.6 is 0 Å². The number of Topliss-reactive ketones (excluding diaryl/α,β-unsaturated/α-hetero) is 1. The van der Waals surface area contributed by atoms with Gasteiger partial charge in [0.15, 0.2) is 12.4 Å². The van der Waals surface area contributed by atoms with E-state index < -0.39 is 30.4 Å². The molecular weight excluding hydrogens is 386 g/mol. The Balaban J connectivity index is 1.49. The highest BCUT2D eigenvalue weighted by Crippen LogP contribution is 2.22. The zero-order valence-electron chi connectivity index (χ0n) is 16.6. The number of carbonyl (C=O) groups excluding carboxylic acids is 4. The number of ether oxygens (including phenoxy) is 1. The lowest BCUT2D eigenvalue weighted by Gasteiger charge is -2.16. The number of para-hydroxylation sites is 1. The summed E-state index contributed by atoms with van der Waals surface area (Å²) in [4.78, 5) is 50.0. The van der Waals surface area contributed by atoms with E-state index in [9.17, 15) is 19.2 Å². The van der Waals surface area contributed by atoms with Crippen LogP contribution in [0.2, 0.25) is 0 Å². The van der Waals surface area contributed by atoms with Gasteiger partial charge in [-0.15, -0.1) is 0 Å². The molecule has 0 unspecified atom stereocenters. The zero-order chi connectivity index (χ0) is 21.5. The highest BCUT2D eigenvalue weighted by atomic mass is 16.5. The van der Waals surface area contributed by atoms with Crippen molar-refractivity contribution in [1.29, 1.82) is 0 Å². The molecule has 2 aromatic rings. The maximum atomic E-state index is 12.4. The zero-order valence-corrected chi connectivity index (χ0v) is 16.6. The summed E-state index contributed by atoms with van der Waals surface area (Å²) < 4.78 is 5.05. The molecule has 8 nitrogen and oxygen atoms in total. The van der Waals surface area contributed by atoms with Crippen molar-refractivity contribution >= 4 is 35.1 Å². The molecule has 1 aliphatic rings. The average molecular weight is 409 g/mol. The molecule has 3 rings (SSSR count). The Kier molecular flexibility index (Phi) is 6.79. The predicted molar refractivity (Wildman–Crippen MR) is 111 cm³/mol. The van der Waals surface area contributed by atoms with E-state index >= 15 is 0 Å². The van der Waals surface area contributed by atoms with Crippen molar-refractivity contribution in [2.75, 3.05) is 23.4 Å². The van der Waals surface area contributed by atoms with Gasteiger partial charge in [-0.3, -0.25) is 9.59 Å². The Morgan fingerprint density at radius 2 is 1.87 bits per heavy atom. The van der Waals surface area contributed by atoms with Crippen LogP contribution in [0.5, 0.6) is 0 Å². The van der Waals surface area contributed by atoms with Crippen molar-refractivity contribution in [1.82, 2.24) is 5.32 Å². The van der Waals surface area contributed by atoms with E-state index in [0.717, 1.165) is 6.42 Å². The fraction of sp³-hybridized carbons (Fsp3) is 0.273. The third kappa shape index (κ3) is 5.44. The van der Waals surface area contributed by atoms with Crippen LogP contribution in [0.4, 0.5) is 16.2 Å². The number of carbonyl (C=O) groups is 4. The molecule has 2 aromatic carbocycles. The van der Waals surface area contributed by atoms with Gasteiger partial charge < -0.3 is 20.3 Å². The topological polar surface area (TPSA) is 105 Å². The van der Waals surface area contributed by atoms with E-state index in [1.54, 1.807) is 53.4 Å². The molecule has 156 valence electrons. The molecule has 0 radical (unpaired) electrons. The minimum absolute atomic E-state index is 0.0275. The van der Waals surface area contributed by atoms with Crippen molar-refractivity contribution in [3.05, 3.63) is 60.2 Å². The molecule has 1 heterocycles. The number of amides is 3. The standard InChI is InChI=1S/C22H23N3O5/c1-15(23-22(29)24-17-8-3-2-4-9-17)21(28)30-14-19(26)16-7-5-10-18(13-16)25-12-6-11-20(25)27/h2-5,7-10,13,15H,6,11-12,14H2,1H3,(H2,23,24,29)/t15-/m0/s1. The SMILES string of the molecule is C[C@H](NC(=O)Nc1ccccc1)C(=O)OCC(=O)c1cccc(N2CCCC2=O)c1. The summed E-state index contributed by atoms with van der Waals surface area (Å²) in [5.74, 6) is -1.09.